The first-order valence-corrected chi connectivity index (χ1v) is 8.74. The van der Waals surface area contributed by atoms with Crippen molar-refractivity contribution in [3.05, 3.63) is 50.4 Å². The Morgan fingerprint density at radius 2 is 2.21 bits per heavy atom. The number of hydrogen-bond donors (Lipinski definition) is 1. The van der Waals surface area contributed by atoms with Gasteiger partial charge in [-0.25, -0.2) is 9.67 Å². The van der Waals surface area contributed by atoms with Crippen molar-refractivity contribution in [3.8, 4) is 5.82 Å². The molecule has 24 heavy (non-hydrogen) atoms. The quantitative estimate of drug-likeness (QED) is 0.812. The lowest BCUT2D eigenvalue weighted by Crippen LogP contribution is -2.34. The fourth-order valence-corrected chi connectivity index (χ4v) is 3.31. The number of nitrogens with one attached hydrogen (secondary N) is 1. The van der Waals surface area contributed by atoms with Gasteiger partial charge in [0.2, 0.25) is 0 Å². The van der Waals surface area contributed by atoms with E-state index < -0.39 is 0 Å². The number of carbonyl (C=O) groups excluding carboxylic acids is 1. The highest BCUT2D eigenvalue weighted by Gasteiger charge is 2.22. The smallest absolute Gasteiger partial charge is 0.274 e. The highest BCUT2D eigenvalue weighted by atomic mass is 79.9. The standard InChI is InChI=1S/C15H14BrCl2N5O/c1-22-6-4-11(10(18)8-22)20-15(24)12-7-13(16)21-23(12)14-9(17)3-2-5-19-14/h2-3,5,7H,4,6,8H2,1H3,(H,20,24). The van der Waals surface area contributed by atoms with Crippen molar-refractivity contribution < 1.29 is 4.79 Å². The minimum Gasteiger partial charge on any atom is -0.323 e. The molecule has 1 aliphatic heterocycles. The van der Waals surface area contributed by atoms with E-state index in [1.165, 1.54) is 4.68 Å². The van der Waals surface area contributed by atoms with Crippen LogP contribution in [0.2, 0.25) is 5.02 Å². The Morgan fingerprint density at radius 1 is 1.42 bits per heavy atom. The summed E-state index contributed by atoms with van der Waals surface area (Å²) in [6.45, 7) is 1.45. The third-order valence-electron chi connectivity index (χ3n) is 3.60. The summed E-state index contributed by atoms with van der Waals surface area (Å²) in [5.74, 6) is 0.0751. The minimum absolute atomic E-state index is 0.312. The van der Waals surface area contributed by atoms with Crippen LogP contribution in [0.15, 0.2) is 39.7 Å². The second-order valence-corrected chi connectivity index (χ2v) is 7.07. The molecule has 2 aromatic heterocycles. The SMILES string of the molecule is CN1CCC(NC(=O)c2cc(Br)nn2-c2ncccc2Cl)=C(Cl)C1. The molecule has 2 aromatic rings. The van der Waals surface area contributed by atoms with Crippen molar-refractivity contribution >= 4 is 45.0 Å². The molecule has 0 unspecified atom stereocenters. The van der Waals surface area contributed by atoms with Crippen LogP contribution < -0.4 is 5.32 Å². The Hall–Kier alpha value is -1.41. The van der Waals surface area contributed by atoms with Crippen molar-refractivity contribution in [2.45, 2.75) is 6.42 Å². The van der Waals surface area contributed by atoms with Crippen molar-refractivity contribution in [3.63, 3.8) is 0 Å². The van der Waals surface area contributed by atoms with Gasteiger partial charge in [0, 0.05) is 37.5 Å². The van der Waals surface area contributed by atoms with E-state index in [-0.39, 0.29) is 5.91 Å². The van der Waals surface area contributed by atoms with Crippen LogP contribution in [0, 0.1) is 0 Å². The molecule has 3 heterocycles. The first-order chi connectivity index (χ1) is 11.5. The fourth-order valence-electron chi connectivity index (χ4n) is 2.39. The number of likely N-dealkylation sites (N-methyl/N-ethyl adjacent to an activating group) is 1. The predicted molar refractivity (Wildman–Crippen MR) is 96.5 cm³/mol. The van der Waals surface area contributed by atoms with Gasteiger partial charge in [0.05, 0.1) is 10.1 Å². The number of carbonyl (C=O) groups is 1. The molecule has 0 saturated heterocycles. The second-order valence-electron chi connectivity index (χ2n) is 5.40. The van der Waals surface area contributed by atoms with Gasteiger partial charge in [0.1, 0.15) is 10.3 Å². The minimum atomic E-state index is -0.312. The largest absolute Gasteiger partial charge is 0.323 e. The van der Waals surface area contributed by atoms with E-state index >= 15 is 0 Å². The van der Waals surface area contributed by atoms with Crippen LogP contribution in [-0.4, -0.2) is 45.7 Å². The Labute approximate surface area is 157 Å². The topological polar surface area (TPSA) is 63.1 Å². The molecule has 6 nitrogen and oxygen atoms in total. The molecular weight excluding hydrogens is 417 g/mol. The molecule has 0 aromatic carbocycles. The maximum atomic E-state index is 12.7. The molecule has 126 valence electrons. The van der Waals surface area contributed by atoms with Gasteiger partial charge in [0.15, 0.2) is 5.82 Å². The Morgan fingerprint density at radius 3 is 2.92 bits per heavy atom. The molecular formula is C15H14BrCl2N5O. The number of aromatic nitrogens is 3. The lowest BCUT2D eigenvalue weighted by atomic mass is 10.2. The van der Waals surface area contributed by atoms with Crippen LogP contribution in [0.5, 0.6) is 0 Å². The molecule has 0 aliphatic carbocycles. The normalized spacial score (nSPS) is 15.7. The summed E-state index contributed by atoms with van der Waals surface area (Å²) in [5.41, 5.74) is 1.05. The van der Waals surface area contributed by atoms with Crippen molar-refractivity contribution in [2.24, 2.45) is 0 Å². The van der Waals surface area contributed by atoms with Gasteiger partial charge in [-0.1, -0.05) is 23.2 Å². The molecule has 1 aliphatic rings. The van der Waals surface area contributed by atoms with Crippen LogP contribution in [-0.2, 0) is 0 Å². The van der Waals surface area contributed by atoms with Crippen molar-refractivity contribution in [1.82, 2.24) is 25.0 Å². The molecule has 3 rings (SSSR count). The molecule has 0 atom stereocenters. The highest BCUT2D eigenvalue weighted by molar-refractivity contribution is 9.10. The van der Waals surface area contributed by atoms with Gasteiger partial charge < -0.3 is 10.2 Å². The highest BCUT2D eigenvalue weighted by Crippen LogP contribution is 2.22. The van der Waals surface area contributed by atoms with E-state index in [1.807, 2.05) is 7.05 Å². The van der Waals surface area contributed by atoms with E-state index in [4.69, 9.17) is 23.2 Å². The third kappa shape index (κ3) is 3.64. The zero-order valence-corrected chi connectivity index (χ0v) is 15.9. The van der Waals surface area contributed by atoms with E-state index in [9.17, 15) is 4.79 Å². The summed E-state index contributed by atoms with van der Waals surface area (Å²) < 4.78 is 1.92. The van der Waals surface area contributed by atoms with E-state index in [2.05, 4.69) is 36.2 Å². The summed E-state index contributed by atoms with van der Waals surface area (Å²) in [6, 6.07) is 5.02. The molecule has 0 bridgehead atoms. The van der Waals surface area contributed by atoms with Crippen molar-refractivity contribution in [2.75, 3.05) is 20.1 Å². The number of halogens is 3. The molecule has 0 radical (unpaired) electrons. The third-order valence-corrected chi connectivity index (χ3v) is 4.63. The molecule has 0 fully saturated rings. The van der Waals surface area contributed by atoms with Crippen LogP contribution in [0.25, 0.3) is 5.82 Å². The number of nitrogens with zero attached hydrogens (tertiary/aromatic N) is 4. The van der Waals surface area contributed by atoms with Crippen molar-refractivity contribution in [1.29, 1.82) is 0 Å². The van der Waals surface area contributed by atoms with Gasteiger partial charge in [-0.05, 0) is 35.1 Å². The zero-order valence-electron chi connectivity index (χ0n) is 12.8. The van der Waals surface area contributed by atoms with Gasteiger partial charge in [0.25, 0.3) is 5.91 Å². The average molecular weight is 431 g/mol. The average Bonchev–Trinajstić information content (AvgIpc) is 2.92. The summed E-state index contributed by atoms with van der Waals surface area (Å²) >= 11 is 15.7. The van der Waals surface area contributed by atoms with Gasteiger partial charge in [-0.2, -0.15) is 5.10 Å². The number of amides is 1. The van der Waals surface area contributed by atoms with Crippen LogP contribution >= 0.6 is 39.1 Å². The summed E-state index contributed by atoms with van der Waals surface area (Å²) in [5, 5.41) is 8.17. The number of hydrogen-bond acceptors (Lipinski definition) is 4. The monoisotopic (exact) mass is 429 g/mol. The lowest BCUT2D eigenvalue weighted by Gasteiger charge is -2.25. The summed E-state index contributed by atoms with van der Waals surface area (Å²) in [6.07, 6.45) is 2.27. The van der Waals surface area contributed by atoms with E-state index in [1.54, 1.807) is 24.4 Å². The first kappa shape index (κ1) is 17.4. The van der Waals surface area contributed by atoms with Gasteiger partial charge >= 0.3 is 0 Å². The maximum Gasteiger partial charge on any atom is 0.274 e. The zero-order chi connectivity index (χ0) is 17.3. The Kier molecular flexibility index (Phi) is 5.24. The van der Waals surface area contributed by atoms with E-state index in [0.717, 1.165) is 12.2 Å². The van der Waals surface area contributed by atoms with Crippen LogP contribution in [0.3, 0.4) is 0 Å². The number of pyridine rings is 1. The Bertz CT molecular complexity index is 820. The number of rotatable bonds is 3. The summed E-state index contributed by atoms with van der Waals surface area (Å²) in [7, 11) is 1.98. The maximum absolute atomic E-state index is 12.7. The summed E-state index contributed by atoms with van der Waals surface area (Å²) in [4.78, 5) is 19.0. The first-order valence-electron chi connectivity index (χ1n) is 7.19. The molecule has 0 saturated carbocycles. The molecule has 1 amide bonds. The lowest BCUT2D eigenvalue weighted by molar-refractivity contribution is 0.0954. The van der Waals surface area contributed by atoms with E-state index in [0.29, 0.717) is 39.1 Å². The van der Waals surface area contributed by atoms with Crippen LogP contribution in [0.1, 0.15) is 16.9 Å². The van der Waals surface area contributed by atoms with Gasteiger partial charge in [-0.3, -0.25) is 4.79 Å². The Balaban J connectivity index is 1.92. The molecule has 1 N–H and O–H groups in total. The van der Waals surface area contributed by atoms with Crippen LogP contribution in [0.4, 0.5) is 0 Å². The molecule has 9 heteroatoms. The second kappa shape index (κ2) is 7.23. The molecule has 0 spiro atoms. The predicted octanol–water partition coefficient (Wildman–Crippen LogP) is 3.20. The van der Waals surface area contributed by atoms with Gasteiger partial charge in [-0.15, -0.1) is 0 Å². The fraction of sp³-hybridized carbons (Fsp3) is 0.267.